The highest BCUT2D eigenvalue weighted by molar-refractivity contribution is 5.94. The zero-order chi connectivity index (χ0) is 16.2. The molecule has 0 saturated carbocycles. The predicted molar refractivity (Wildman–Crippen MR) is 87.4 cm³/mol. The largest absolute Gasteiger partial charge is 0.491 e. The normalized spacial score (nSPS) is 13.7. The Kier molecular flexibility index (Phi) is 4.62. The number of aromatic nitrogens is 2. The molecule has 23 heavy (non-hydrogen) atoms. The number of carbonyl (C=O) groups excluding carboxylic acids is 1. The summed E-state index contributed by atoms with van der Waals surface area (Å²) in [6.07, 6.45) is 0.969. The van der Waals surface area contributed by atoms with Gasteiger partial charge in [0, 0.05) is 42.9 Å². The first-order chi connectivity index (χ1) is 11.1. The van der Waals surface area contributed by atoms with Gasteiger partial charge in [-0.05, 0) is 19.9 Å². The van der Waals surface area contributed by atoms with Crippen LogP contribution in [0.5, 0.6) is 5.75 Å². The molecule has 1 amide bonds. The molecule has 0 fully saturated rings. The monoisotopic (exact) mass is 314 g/mol. The lowest BCUT2D eigenvalue weighted by Gasteiger charge is -2.15. The van der Waals surface area contributed by atoms with E-state index in [0.717, 1.165) is 35.5 Å². The molecule has 1 aliphatic heterocycles. The smallest absolute Gasteiger partial charge is 0.272 e. The number of benzene rings is 1. The van der Waals surface area contributed by atoms with Gasteiger partial charge in [0.05, 0.1) is 6.10 Å². The van der Waals surface area contributed by atoms with E-state index in [1.54, 1.807) is 0 Å². The number of nitrogens with one attached hydrogen (secondary N) is 3. The molecule has 0 aliphatic carbocycles. The van der Waals surface area contributed by atoms with E-state index in [4.69, 9.17) is 4.74 Å². The molecule has 3 N–H and O–H groups in total. The highest BCUT2D eigenvalue weighted by atomic mass is 16.5. The van der Waals surface area contributed by atoms with Gasteiger partial charge in [0.1, 0.15) is 5.75 Å². The zero-order valence-corrected chi connectivity index (χ0v) is 13.5. The Balaban J connectivity index is 1.69. The summed E-state index contributed by atoms with van der Waals surface area (Å²) in [6, 6.07) is 7.75. The van der Waals surface area contributed by atoms with Crippen molar-refractivity contribution < 1.29 is 9.53 Å². The van der Waals surface area contributed by atoms with Gasteiger partial charge in [0.15, 0.2) is 5.69 Å². The van der Waals surface area contributed by atoms with E-state index in [0.29, 0.717) is 18.8 Å². The molecule has 1 aromatic heterocycles. The van der Waals surface area contributed by atoms with Crippen LogP contribution in [0.1, 0.15) is 41.2 Å². The molecule has 6 nitrogen and oxygen atoms in total. The third-order valence-electron chi connectivity index (χ3n) is 3.80. The summed E-state index contributed by atoms with van der Waals surface area (Å²) < 4.78 is 5.78. The highest BCUT2D eigenvalue weighted by Crippen LogP contribution is 2.20. The zero-order valence-electron chi connectivity index (χ0n) is 13.5. The van der Waals surface area contributed by atoms with Crippen LogP contribution < -0.4 is 15.4 Å². The van der Waals surface area contributed by atoms with Crippen molar-refractivity contribution in [3.05, 3.63) is 46.8 Å². The van der Waals surface area contributed by atoms with Crippen LogP contribution in [-0.4, -0.2) is 28.8 Å². The van der Waals surface area contributed by atoms with Crippen molar-refractivity contribution in [2.24, 2.45) is 0 Å². The third kappa shape index (κ3) is 3.53. The van der Waals surface area contributed by atoms with Crippen LogP contribution in [0, 0.1) is 0 Å². The fraction of sp³-hybridized carbons (Fsp3) is 0.412. The predicted octanol–water partition coefficient (Wildman–Crippen LogP) is 1.77. The van der Waals surface area contributed by atoms with Crippen molar-refractivity contribution in [1.29, 1.82) is 0 Å². The van der Waals surface area contributed by atoms with Crippen LogP contribution in [0.4, 0.5) is 0 Å². The Morgan fingerprint density at radius 2 is 2.22 bits per heavy atom. The van der Waals surface area contributed by atoms with Gasteiger partial charge < -0.3 is 15.4 Å². The number of H-pyrrole nitrogens is 1. The lowest BCUT2D eigenvalue weighted by molar-refractivity contribution is 0.0944. The molecular weight excluding hydrogens is 292 g/mol. The number of rotatable bonds is 5. The molecule has 2 heterocycles. The average Bonchev–Trinajstić information content (AvgIpc) is 2.97. The summed E-state index contributed by atoms with van der Waals surface area (Å²) >= 11 is 0. The Labute approximate surface area is 135 Å². The van der Waals surface area contributed by atoms with Crippen LogP contribution in [0.25, 0.3) is 0 Å². The molecule has 3 rings (SSSR count). The summed E-state index contributed by atoms with van der Waals surface area (Å²) in [7, 11) is 0. The molecule has 122 valence electrons. The van der Waals surface area contributed by atoms with Gasteiger partial charge in [-0.15, -0.1) is 0 Å². The van der Waals surface area contributed by atoms with Crippen LogP contribution >= 0.6 is 0 Å². The fourth-order valence-electron chi connectivity index (χ4n) is 2.69. The Morgan fingerprint density at radius 3 is 3.04 bits per heavy atom. The van der Waals surface area contributed by atoms with E-state index < -0.39 is 0 Å². The molecule has 1 aliphatic rings. The number of carbonyl (C=O) groups is 1. The Hall–Kier alpha value is -2.34. The number of hydrogen-bond donors (Lipinski definition) is 3. The van der Waals surface area contributed by atoms with Crippen molar-refractivity contribution in [3.63, 3.8) is 0 Å². The quantitative estimate of drug-likeness (QED) is 0.786. The first-order valence-corrected chi connectivity index (χ1v) is 7.94. The maximum atomic E-state index is 12.4. The van der Waals surface area contributed by atoms with Crippen molar-refractivity contribution >= 4 is 5.91 Å². The molecule has 0 atom stereocenters. The molecule has 2 aromatic rings. The topological polar surface area (TPSA) is 79.0 Å². The fourth-order valence-corrected chi connectivity index (χ4v) is 2.69. The van der Waals surface area contributed by atoms with Crippen LogP contribution in [-0.2, 0) is 19.5 Å². The highest BCUT2D eigenvalue weighted by Gasteiger charge is 2.21. The van der Waals surface area contributed by atoms with E-state index in [-0.39, 0.29) is 12.0 Å². The molecule has 0 bridgehead atoms. The summed E-state index contributed by atoms with van der Waals surface area (Å²) in [5.74, 6) is 0.638. The van der Waals surface area contributed by atoms with E-state index in [2.05, 4.69) is 20.8 Å². The Bertz CT molecular complexity index is 694. The van der Waals surface area contributed by atoms with E-state index >= 15 is 0 Å². The van der Waals surface area contributed by atoms with Gasteiger partial charge in [0.25, 0.3) is 5.91 Å². The lowest BCUT2D eigenvalue weighted by Crippen LogP contribution is -2.28. The van der Waals surface area contributed by atoms with Crippen LogP contribution in [0.2, 0.25) is 0 Å². The minimum Gasteiger partial charge on any atom is -0.491 e. The van der Waals surface area contributed by atoms with Gasteiger partial charge in [-0.1, -0.05) is 18.2 Å². The Morgan fingerprint density at radius 1 is 1.39 bits per heavy atom. The number of nitrogens with zero attached hydrogens (tertiary/aromatic N) is 1. The molecule has 6 heteroatoms. The summed E-state index contributed by atoms with van der Waals surface area (Å²) in [5.41, 5.74) is 3.46. The van der Waals surface area contributed by atoms with Gasteiger partial charge in [-0.25, -0.2) is 0 Å². The summed E-state index contributed by atoms with van der Waals surface area (Å²) in [6.45, 7) is 5.98. The molecule has 0 spiro atoms. The van der Waals surface area contributed by atoms with Crippen molar-refractivity contribution in [2.75, 3.05) is 6.54 Å². The average molecular weight is 314 g/mol. The van der Waals surface area contributed by atoms with Gasteiger partial charge in [-0.2, -0.15) is 5.10 Å². The molecule has 0 radical (unpaired) electrons. The summed E-state index contributed by atoms with van der Waals surface area (Å²) in [4.78, 5) is 12.4. The number of fused-ring (bicyclic) bond motifs is 1. The molecular formula is C17H22N4O2. The van der Waals surface area contributed by atoms with Crippen molar-refractivity contribution in [1.82, 2.24) is 20.8 Å². The number of para-hydroxylation sites is 1. The SMILES string of the molecule is CC(C)Oc1ccccc1CNC(=O)c1n[nH]c2c1CNCC2. The van der Waals surface area contributed by atoms with Crippen LogP contribution in [0.3, 0.4) is 0 Å². The van der Waals surface area contributed by atoms with E-state index in [9.17, 15) is 4.79 Å². The molecule has 0 saturated heterocycles. The molecule has 1 aromatic carbocycles. The minimum absolute atomic E-state index is 0.0938. The number of hydrogen-bond acceptors (Lipinski definition) is 4. The maximum Gasteiger partial charge on any atom is 0.272 e. The van der Waals surface area contributed by atoms with E-state index in [1.807, 2.05) is 38.1 Å². The number of amides is 1. The van der Waals surface area contributed by atoms with Crippen LogP contribution in [0.15, 0.2) is 24.3 Å². The van der Waals surface area contributed by atoms with Gasteiger partial charge >= 0.3 is 0 Å². The third-order valence-corrected chi connectivity index (χ3v) is 3.80. The first kappa shape index (κ1) is 15.6. The molecule has 0 unspecified atom stereocenters. The van der Waals surface area contributed by atoms with E-state index in [1.165, 1.54) is 0 Å². The second-order valence-corrected chi connectivity index (χ2v) is 5.91. The van der Waals surface area contributed by atoms with Crippen molar-refractivity contribution in [3.8, 4) is 5.75 Å². The van der Waals surface area contributed by atoms with Gasteiger partial charge in [-0.3, -0.25) is 9.89 Å². The first-order valence-electron chi connectivity index (χ1n) is 7.94. The minimum atomic E-state index is -0.162. The number of aromatic amines is 1. The summed E-state index contributed by atoms with van der Waals surface area (Å²) in [5, 5.41) is 13.3. The van der Waals surface area contributed by atoms with Gasteiger partial charge in [0.2, 0.25) is 0 Å². The second kappa shape index (κ2) is 6.83. The lowest BCUT2D eigenvalue weighted by atomic mass is 10.1. The van der Waals surface area contributed by atoms with Crippen molar-refractivity contribution in [2.45, 2.75) is 39.5 Å². The second-order valence-electron chi connectivity index (χ2n) is 5.91. The standard InChI is InChI=1S/C17H22N4O2/c1-11(2)23-15-6-4-3-5-12(15)9-19-17(22)16-13-10-18-8-7-14(13)20-21-16/h3-6,11,18H,7-10H2,1-2H3,(H,19,22)(H,20,21). The maximum absolute atomic E-state index is 12.4. The number of ether oxygens (including phenoxy) is 1.